The Kier molecular flexibility index (Phi) is 5.68. The van der Waals surface area contributed by atoms with Crippen LogP contribution in [0.25, 0.3) is 0 Å². The van der Waals surface area contributed by atoms with Gasteiger partial charge in [0.1, 0.15) is 17.2 Å². The zero-order valence-electron chi connectivity index (χ0n) is 13.4. The van der Waals surface area contributed by atoms with Crippen LogP contribution in [0.4, 0.5) is 10.5 Å². The van der Waals surface area contributed by atoms with Crippen LogP contribution in [-0.4, -0.2) is 27.4 Å². The average molecular weight is 316 g/mol. The van der Waals surface area contributed by atoms with Crippen LogP contribution >= 0.6 is 0 Å². The summed E-state index contributed by atoms with van der Waals surface area (Å²) < 4.78 is 15.7. The van der Waals surface area contributed by atoms with E-state index in [1.165, 1.54) is 0 Å². The fourth-order valence-corrected chi connectivity index (χ4v) is 2.11. The zero-order chi connectivity index (χ0) is 16.7. The molecule has 0 fully saturated rings. The molecule has 0 spiro atoms. The van der Waals surface area contributed by atoms with Gasteiger partial charge in [-0.1, -0.05) is 12.1 Å². The highest BCUT2D eigenvalue weighted by atomic mass is 16.5. The Labute approximate surface area is 135 Å². The molecule has 6 heteroatoms. The molecule has 0 atom stereocenters. The van der Waals surface area contributed by atoms with E-state index in [9.17, 15) is 4.79 Å². The molecule has 2 rings (SSSR count). The van der Waals surface area contributed by atoms with Gasteiger partial charge in [0.25, 0.3) is 0 Å². The van der Waals surface area contributed by atoms with Crippen molar-refractivity contribution in [3.05, 3.63) is 48.0 Å². The second-order valence-electron chi connectivity index (χ2n) is 4.69. The third-order valence-corrected chi connectivity index (χ3v) is 3.28. The van der Waals surface area contributed by atoms with Crippen LogP contribution in [0.1, 0.15) is 5.56 Å². The van der Waals surface area contributed by atoms with E-state index in [0.29, 0.717) is 29.5 Å². The first-order chi connectivity index (χ1) is 11.2. The average Bonchev–Trinajstić information content (AvgIpc) is 2.60. The lowest BCUT2D eigenvalue weighted by molar-refractivity contribution is 0.251. The summed E-state index contributed by atoms with van der Waals surface area (Å²) in [7, 11) is 4.73. The molecule has 0 saturated carbocycles. The lowest BCUT2D eigenvalue weighted by Crippen LogP contribution is -2.28. The molecular formula is C17H20N2O4. The van der Waals surface area contributed by atoms with Gasteiger partial charge in [-0.05, 0) is 30.3 Å². The zero-order valence-corrected chi connectivity index (χ0v) is 13.4. The molecular weight excluding hydrogens is 296 g/mol. The quantitative estimate of drug-likeness (QED) is 0.859. The summed E-state index contributed by atoms with van der Waals surface area (Å²) in [6.45, 7) is 0.307. The normalized spacial score (nSPS) is 9.87. The number of urea groups is 1. The fourth-order valence-electron chi connectivity index (χ4n) is 2.11. The third kappa shape index (κ3) is 4.29. The number of hydrogen-bond acceptors (Lipinski definition) is 4. The summed E-state index contributed by atoms with van der Waals surface area (Å²) >= 11 is 0. The molecule has 2 N–H and O–H groups in total. The maximum absolute atomic E-state index is 12.1. The predicted octanol–water partition coefficient (Wildman–Crippen LogP) is 3.03. The van der Waals surface area contributed by atoms with Crippen molar-refractivity contribution in [3.63, 3.8) is 0 Å². The van der Waals surface area contributed by atoms with E-state index >= 15 is 0 Å². The van der Waals surface area contributed by atoms with Gasteiger partial charge in [0.2, 0.25) is 0 Å². The third-order valence-electron chi connectivity index (χ3n) is 3.28. The molecule has 122 valence electrons. The molecule has 0 aliphatic rings. The van der Waals surface area contributed by atoms with E-state index in [-0.39, 0.29) is 6.03 Å². The topological polar surface area (TPSA) is 68.8 Å². The molecule has 0 bridgehead atoms. The number of carbonyl (C=O) groups is 1. The molecule has 0 radical (unpaired) electrons. The maximum atomic E-state index is 12.1. The van der Waals surface area contributed by atoms with Gasteiger partial charge in [0.05, 0.1) is 27.0 Å². The summed E-state index contributed by atoms with van der Waals surface area (Å²) in [6, 6.07) is 12.3. The van der Waals surface area contributed by atoms with Crippen LogP contribution in [0.15, 0.2) is 42.5 Å². The van der Waals surface area contributed by atoms with Crippen LogP contribution in [0.3, 0.4) is 0 Å². The van der Waals surface area contributed by atoms with E-state index in [1.54, 1.807) is 45.6 Å². The fraction of sp³-hybridized carbons (Fsp3) is 0.235. The van der Waals surface area contributed by atoms with Crippen LogP contribution in [-0.2, 0) is 6.54 Å². The Hall–Kier alpha value is -2.89. The summed E-state index contributed by atoms with van der Waals surface area (Å²) in [6.07, 6.45) is 0. The Morgan fingerprint density at radius 2 is 1.70 bits per heavy atom. The number of amides is 2. The van der Waals surface area contributed by atoms with Crippen LogP contribution in [0.5, 0.6) is 17.2 Å². The van der Waals surface area contributed by atoms with Crippen molar-refractivity contribution in [2.75, 3.05) is 26.6 Å². The molecule has 0 aliphatic heterocycles. The van der Waals surface area contributed by atoms with Crippen molar-refractivity contribution in [3.8, 4) is 17.2 Å². The van der Waals surface area contributed by atoms with E-state index < -0.39 is 0 Å². The standard InChI is InChI=1S/C17H20N2O4/c1-21-13-8-9-15(22-2)12(10-13)11-18-17(20)19-14-6-4-5-7-16(14)23-3/h4-10H,11H2,1-3H3,(H2,18,19,20). The smallest absolute Gasteiger partial charge is 0.319 e. The van der Waals surface area contributed by atoms with Crippen molar-refractivity contribution in [2.45, 2.75) is 6.54 Å². The molecule has 0 aromatic heterocycles. The SMILES string of the molecule is COc1ccc(OC)c(CNC(=O)Nc2ccccc2OC)c1. The Morgan fingerprint density at radius 3 is 2.39 bits per heavy atom. The number of hydrogen-bond donors (Lipinski definition) is 2. The molecule has 0 aliphatic carbocycles. The summed E-state index contributed by atoms with van der Waals surface area (Å²) in [5.41, 5.74) is 1.42. The van der Waals surface area contributed by atoms with E-state index in [1.807, 2.05) is 18.2 Å². The van der Waals surface area contributed by atoms with Gasteiger partial charge in [-0.15, -0.1) is 0 Å². The van der Waals surface area contributed by atoms with Gasteiger partial charge in [0, 0.05) is 12.1 Å². The second-order valence-corrected chi connectivity index (χ2v) is 4.69. The van der Waals surface area contributed by atoms with Crippen molar-refractivity contribution >= 4 is 11.7 Å². The highest BCUT2D eigenvalue weighted by Gasteiger charge is 2.09. The first kappa shape index (κ1) is 16.5. The number of nitrogens with one attached hydrogen (secondary N) is 2. The van der Waals surface area contributed by atoms with Gasteiger partial charge in [-0.3, -0.25) is 0 Å². The number of ether oxygens (including phenoxy) is 3. The van der Waals surface area contributed by atoms with Gasteiger partial charge in [-0.25, -0.2) is 4.79 Å². The van der Waals surface area contributed by atoms with Crippen molar-refractivity contribution in [1.82, 2.24) is 5.32 Å². The maximum Gasteiger partial charge on any atom is 0.319 e. The van der Waals surface area contributed by atoms with Crippen LogP contribution in [0.2, 0.25) is 0 Å². The van der Waals surface area contributed by atoms with Crippen LogP contribution < -0.4 is 24.8 Å². The molecule has 2 amide bonds. The predicted molar refractivity (Wildman–Crippen MR) is 88.4 cm³/mol. The van der Waals surface area contributed by atoms with Gasteiger partial charge < -0.3 is 24.8 Å². The molecule has 2 aromatic rings. The minimum atomic E-state index is -0.334. The largest absolute Gasteiger partial charge is 0.497 e. The summed E-state index contributed by atoms with van der Waals surface area (Å²) in [5, 5.41) is 5.53. The number of methoxy groups -OCH3 is 3. The van der Waals surface area contributed by atoms with Gasteiger partial charge in [-0.2, -0.15) is 0 Å². The minimum Gasteiger partial charge on any atom is -0.497 e. The van der Waals surface area contributed by atoms with Crippen molar-refractivity contribution in [1.29, 1.82) is 0 Å². The highest BCUT2D eigenvalue weighted by Crippen LogP contribution is 2.24. The van der Waals surface area contributed by atoms with Crippen molar-refractivity contribution in [2.24, 2.45) is 0 Å². The van der Waals surface area contributed by atoms with Crippen molar-refractivity contribution < 1.29 is 19.0 Å². The number of anilines is 1. The first-order valence-corrected chi connectivity index (χ1v) is 7.06. The lowest BCUT2D eigenvalue weighted by Gasteiger charge is -2.13. The second kappa shape index (κ2) is 7.93. The number of carbonyl (C=O) groups excluding carboxylic acids is 1. The summed E-state index contributed by atoms with van der Waals surface area (Å²) in [5.74, 6) is 1.98. The number of benzene rings is 2. The van der Waals surface area contributed by atoms with E-state index in [4.69, 9.17) is 14.2 Å². The molecule has 23 heavy (non-hydrogen) atoms. The molecule has 0 unspecified atom stereocenters. The number of rotatable bonds is 6. The van der Waals surface area contributed by atoms with Crippen LogP contribution in [0, 0.1) is 0 Å². The Morgan fingerprint density at radius 1 is 0.957 bits per heavy atom. The molecule has 6 nitrogen and oxygen atoms in total. The van der Waals surface area contributed by atoms with E-state index in [0.717, 1.165) is 5.56 Å². The molecule has 0 heterocycles. The van der Waals surface area contributed by atoms with E-state index in [2.05, 4.69) is 10.6 Å². The minimum absolute atomic E-state index is 0.307. The Balaban J connectivity index is 2.02. The number of para-hydroxylation sites is 2. The Bertz CT molecular complexity index is 673. The highest BCUT2D eigenvalue weighted by molar-refractivity contribution is 5.90. The van der Waals surface area contributed by atoms with Gasteiger partial charge >= 0.3 is 6.03 Å². The monoisotopic (exact) mass is 316 g/mol. The first-order valence-electron chi connectivity index (χ1n) is 7.06. The molecule has 0 saturated heterocycles. The molecule has 2 aromatic carbocycles. The lowest BCUT2D eigenvalue weighted by atomic mass is 10.2. The van der Waals surface area contributed by atoms with Gasteiger partial charge in [0.15, 0.2) is 0 Å². The summed E-state index contributed by atoms with van der Waals surface area (Å²) in [4.78, 5) is 12.1.